The lowest BCUT2D eigenvalue weighted by molar-refractivity contribution is 0.0945. The number of rotatable bonds is 5. The predicted octanol–water partition coefficient (Wildman–Crippen LogP) is 2.07. The number of benzene rings is 1. The van der Waals surface area contributed by atoms with E-state index in [4.69, 9.17) is 0 Å². The summed E-state index contributed by atoms with van der Waals surface area (Å²) >= 11 is 1.14. The first kappa shape index (κ1) is 15.6. The van der Waals surface area contributed by atoms with E-state index in [9.17, 15) is 17.6 Å². The summed E-state index contributed by atoms with van der Waals surface area (Å²) in [5.41, 5.74) is 2.24. The van der Waals surface area contributed by atoms with Crippen LogP contribution in [-0.4, -0.2) is 14.3 Å². The zero-order valence-electron chi connectivity index (χ0n) is 11.1. The van der Waals surface area contributed by atoms with Crippen LogP contribution in [-0.2, 0) is 16.4 Å². The van der Waals surface area contributed by atoms with Crippen molar-refractivity contribution in [2.45, 2.75) is 17.6 Å². The summed E-state index contributed by atoms with van der Waals surface area (Å²) < 4.78 is 36.8. The molecule has 0 radical (unpaired) electrons. The van der Waals surface area contributed by atoms with Crippen LogP contribution in [0.1, 0.15) is 22.2 Å². The van der Waals surface area contributed by atoms with E-state index < -0.39 is 21.7 Å². The minimum atomic E-state index is -3.80. The second-order valence-electron chi connectivity index (χ2n) is 4.14. The maximum absolute atomic E-state index is 12.7. The Labute approximate surface area is 125 Å². The number of amides is 1. The second kappa shape index (κ2) is 6.33. The normalized spacial score (nSPS) is 11.3. The number of carbonyl (C=O) groups excluding carboxylic acids is 1. The standard InChI is InChI=1S/C13H13FN2O3S2/c1-2-11-7-8-12(20-11)21(18,19)16-15-13(17)9-3-5-10(14)6-4-9/h3-8,16H,2H2,1H3,(H,15,17). The lowest BCUT2D eigenvalue weighted by atomic mass is 10.2. The second-order valence-corrected chi connectivity index (χ2v) is 7.22. The molecule has 8 heteroatoms. The molecule has 0 unspecified atom stereocenters. The third-order valence-electron chi connectivity index (χ3n) is 2.66. The number of sulfonamides is 1. The van der Waals surface area contributed by atoms with Crippen LogP contribution < -0.4 is 10.3 Å². The smallest absolute Gasteiger partial charge is 0.266 e. The van der Waals surface area contributed by atoms with E-state index in [1.54, 1.807) is 6.07 Å². The van der Waals surface area contributed by atoms with Crippen molar-refractivity contribution in [3.8, 4) is 0 Å². The molecule has 1 heterocycles. The highest BCUT2D eigenvalue weighted by atomic mass is 32.2. The summed E-state index contributed by atoms with van der Waals surface area (Å²) in [4.78, 5) is 14.7. The van der Waals surface area contributed by atoms with Crippen LogP contribution in [0.4, 0.5) is 4.39 Å². The minimum absolute atomic E-state index is 0.124. The average Bonchev–Trinajstić information content (AvgIpc) is 2.95. The van der Waals surface area contributed by atoms with Crippen LogP contribution in [0.2, 0.25) is 0 Å². The molecule has 0 bridgehead atoms. The van der Waals surface area contributed by atoms with Gasteiger partial charge in [0.1, 0.15) is 10.0 Å². The fourth-order valence-corrected chi connectivity index (χ4v) is 3.66. The quantitative estimate of drug-likeness (QED) is 0.825. The van der Waals surface area contributed by atoms with Crippen LogP contribution in [0, 0.1) is 5.82 Å². The van der Waals surface area contributed by atoms with E-state index in [2.05, 4.69) is 5.43 Å². The third-order valence-corrected chi connectivity index (χ3v) is 5.62. The van der Waals surface area contributed by atoms with Crippen molar-refractivity contribution in [3.05, 3.63) is 52.7 Å². The van der Waals surface area contributed by atoms with E-state index in [1.165, 1.54) is 18.2 Å². The van der Waals surface area contributed by atoms with Crippen molar-refractivity contribution in [2.24, 2.45) is 0 Å². The summed E-state index contributed by atoms with van der Waals surface area (Å²) in [5, 5.41) is 0. The molecule has 0 atom stereocenters. The zero-order chi connectivity index (χ0) is 15.5. The van der Waals surface area contributed by atoms with E-state index in [0.29, 0.717) is 0 Å². The third kappa shape index (κ3) is 3.87. The lowest BCUT2D eigenvalue weighted by Crippen LogP contribution is -2.41. The molecule has 0 spiro atoms. The van der Waals surface area contributed by atoms with Crippen molar-refractivity contribution >= 4 is 27.3 Å². The van der Waals surface area contributed by atoms with E-state index in [-0.39, 0.29) is 9.77 Å². The summed E-state index contributed by atoms with van der Waals surface area (Å²) in [7, 11) is -3.80. The predicted molar refractivity (Wildman–Crippen MR) is 77.9 cm³/mol. The molecule has 0 saturated heterocycles. The van der Waals surface area contributed by atoms with Crippen LogP contribution in [0.3, 0.4) is 0 Å². The largest absolute Gasteiger partial charge is 0.273 e. The number of aryl methyl sites for hydroxylation is 1. The van der Waals surface area contributed by atoms with Crippen molar-refractivity contribution in [3.63, 3.8) is 0 Å². The van der Waals surface area contributed by atoms with Gasteiger partial charge in [-0.25, -0.2) is 12.8 Å². The number of carbonyl (C=O) groups is 1. The Bertz CT molecular complexity index is 739. The molecule has 5 nitrogen and oxygen atoms in total. The van der Waals surface area contributed by atoms with Gasteiger partial charge in [0.15, 0.2) is 0 Å². The SMILES string of the molecule is CCc1ccc(S(=O)(=O)NNC(=O)c2ccc(F)cc2)s1. The number of thiophene rings is 1. The molecule has 0 aliphatic rings. The van der Waals surface area contributed by atoms with Gasteiger partial charge in [-0.2, -0.15) is 0 Å². The average molecular weight is 328 g/mol. The molecule has 0 fully saturated rings. The molecule has 0 aliphatic carbocycles. The van der Waals surface area contributed by atoms with E-state index in [1.807, 2.05) is 11.8 Å². The van der Waals surface area contributed by atoms with Crippen molar-refractivity contribution in [1.82, 2.24) is 10.3 Å². The first-order chi connectivity index (χ1) is 9.92. The Kier molecular flexibility index (Phi) is 4.71. The van der Waals surface area contributed by atoms with Crippen molar-refractivity contribution < 1.29 is 17.6 Å². The molecule has 1 aromatic heterocycles. The van der Waals surface area contributed by atoms with Gasteiger partial charge in [0.2, 0.25) is 0 Å². The monoisotopic (exact) mass is 328 g/mol. The molecule has 2 aromatic rings. The molecule has 0 aliphatic heterocycles. The Morgan fingerprint density at radius 3 is 2.43 bits per heavy atom. The fraction of sp³-hybridized carbons (Fsp3) is 0.154. The van der Waals surface area contributed by atoms with Crippen molar-refractivity contribution in [1.29, 1.82) is 0 Å². The molecular weight excluding hydrogens is 315 g/mol. The van der Waals surface area contributed by atoms with Gasteiger partial charge in [0.05, 0.1) is 0 Å². The molecule has 2 rings (SSSR count). The fourth-order valence-electron chi connectivity index (χ4n) is 1.53. The maximum Gasteiger partial charge on any atom is 0.266 e. The summed E-state index contributed by atoms with van der Waals surface area (Å²) in [6.07, 6.45) is 0.738. The van der Waals surface area contributed by atoms with Gasteiger partial charge in [-0.15, -0.1) is 16.2 Å². The molecule has 112 valence electrons. The topological polar surface area (TPSA) is 75.3 Å². The number of hydrogen-bond acceptors (Lipinski definition) is 4. The Hall–Kier alpha value is -1.77. The van der Waals surface area contributed by atoms with Crippen molar-refractivity contribution in [2.75, 3.05) is 0 Å². The van der Waals surface area contributed by atoms with Crippen LogP contribution in [0.15, 0.2) is 40.6 Å². The summed E-state index contributed by atoms with van der Waals surface area (Å²) in [6.45, 7) is 1.92. The van der Waals surface area contributed by atoms with Gasteiger partial charge >= 0.3 is 0 Å². The van der Waals surface area contributed by atoms with E-state index in [0.717, 1.165) is 34.8 Å². The number of hydrogen-bond donors (Lipinski definition) is 2. The molecule has 21 heavy (non-hydrogen) atoms. The molecular formula is C13H13FN2O3S2. The highest BCUT2D eigenvalue weighted by Crippen LogP contribution is 2.21. The molecule has 1 amide bonds. The Morgan fingerprint density at radius 1 is 1.19 bits per heavy atom. The van der Waals surface area contributed by atoms with Gasteiger partial charge in [0, 0.05) is 10.4 Å². The van der Waals surface area contributed by atoms with E-state index >= 15 is 0 Å². The highest BCUT2D eigenvalue weighted by molar-refractivity contribution is 7.91. The maximum atomic E-state index is 12.7. The minimum Gasteiger partial charge on any atom is -0.273 e. The molecule has 1 aromatic carbocycles. The Morgan fingerprint density at radius 2 is 1.86 bits per heavy atom. The van der Waals surface area contributed by atoms with Crippen LogP contribution in [0.25, 0.3) is 0 Å². The van der Waals surface area contributed by atoms with Gasteiger partial charge in [0.25, 0.3) is 15.9 Å². The number of halogens is 1. The van der Waals surface area contributed by atoms with Gasteiger partial charge in [-0.3, -0.25) is 10.2 Å². The van der Waals surface area contributed by atoms with Gasteiger partial charge in [-0.1, -0.05) is 6.92 Å². The first-order valence-corrected chi connectivity index (χ1v) is 8.39. The summed E-state index contributed by atoms with van der Waals surface area (Å²) in [6, 6.07) is 7.97. The highest BCUT2D eigenvalue weighted by Gasteiger charge is 2.17. The van der Waals surface area contributed by atoms with Crippen LogP contribution in [0.5, 0.6) is 0 Å². The lowest BCUT2D eigenvalue weighted by Gasteiger charge is -2.06. The summed E-state index contributed by atoms with van der Waals surface area (Å²) in [5.74, 6) is -1.14. The Balaban J connectivity index is 2.04. The van der Waals surface area contributed by atoms with Gasteiger partial charge in [-0.05, 0) is 42.8 Å². The zero-order valence-corrected chi connectivity index (χ0v) is 12.7. The number of hydrazine groups is 1. The van der Waals surface area contributed by atoms with Gasteiger partial charge < -0.3 is 0 Å². The molecule has 2 N–H and O–H groups in total. The van der Waals surface area contributed by atoms with Crippen LogP contribution >= 0.6 is 11.3 Å². The first-order valence-electron chi connectivity index (χ1n) is 6.09. The number of nitrogens with one attached hydrogen (secondary N) is 2. The molecule has 0 saturated carbocycles.